The van der Waals surface area contributed by atoms with Crippen LogP contribution < -0.4 is 0 Å². The fourth-order valence-electron chi connectivity index (χ4n) is 4.71. The van der Waals surface area contributed by atoms with Crippen molar-refractivity contribution in [1.82, 2.24) is 14.7 Å². The van der Waals surface area contributed by atoms with Gasteiger partial charge in [-0.25, -0.2) is 0 Å². The molecule has 1 aromatic rings. The zero-order valence-electron chi connectivity index (χ0n) is 15.6. The van der Waals surface area contributed by atoms with E-state index in [2.05, 4.69) is 18.7 Å². The third kappa shape index (κ3) is 2.69. The van der Waals surface area contributed by atoms with Gasteiger partial charge in [0, 0.05) is 26.2 Å². The number of aliphatic hydroxyl groups excluding tert-OH is 1. The predicted molar refractivity (Wildman–Crippen MR) is 94.1 cm³/mol. The van der Waals surface area contributed by atoms with Crippen LogP contribution in [-0.2, 0) is 16.1 Å². The number of amides is 2. The summed E-state index contributed by atoms with van der Waals surface area (Å²) in [6.07, 6.45) is -0.162. The smallest absolute Gasteiger partial charge is 0.252 e. The van der Waals surface area contributed by atoms with E-state index in [1.54, 1.807) is 0 Å². The quantitative estimate of drug-likeness (QED) is 0.792. The van der Waals surface area contributed by atoms with Gasteiger partial charge in [-0.2, -0.15) is 0 Å². The third-order valence-corrected chi connectivity index (χ3v) is 5.73. The third-order valence-electron chi connectivity index (χ3n) is 5.73. The van der Waals surface area contributed by atoms with Crippen molar-refractivity contribution in [3.63, 3.8) is 0 Å². The van der Waals surface area contributed by atoms with E-state index in [0.717, 1.165) is 12.3 Å². The molecule has 3 aliphatic rings. The zero-order chi connectivity index (χ0) is 18.6. The van der Waals surface area contributed by atoms with Gasteiger partial charge in [-0.05, 0) is 31.4 Å². The molecule has 3 fully saturated rings. The summed E-state index contributed by atoms with van der Waals surface area (Å²) in [5.41, 5.74) is -0.688. The summed E-state index contributed by atoms with van der Waals surface area (Å²) in [7, 11) is 0. The highest BCUT2D eigenvalue weighted by Gasteiger charge is 2.64. The topological polar surface area (TPSA) is 77.2 Å². The molecule has 0 aromatic carbocycles. The zero-order valence-corrected chi connectivity index (χ0v) is 15.6. The Kier molecular flexibility index (Phi) is 4.21. The maximum Gasteiger partial charge on any atom is 0.252 e. The lowest BCUT2D eigenvalue weighted by atomic mass is 9.82. The van der Waals surface area contributed by atoms with E-state index >= 15 is 0 Å². The second kappa shape index (κ2) is 6.18. The number of β-amino-alcohol motifs (C(OH)–C–C–N with tert-alkyl or cyclic N) is 1. The molecule has 3 saturated heterocycles. The molecular formula is C19H27N3O4. The average Bonchev–Trinajstić information content (AvgIpc) is 3.11. The van der Waals surface area contributed by atoms with E-state index in [4.69, 9.17) is 4.42 Å². The molecule has 1 spiro atoms. The largest absolute Gasteiger partial charge is 0.464 e. The molecule has 0 radical (unpaired) electrons. The average molecular weight is 361 g/mol. The molecule has 0 bridgehead atoms. The maximum absolute atomic E-state index is 13.3. The Bertz CT molecular complexity index is 722. The first-order chi connectivity index (χ1) is 12.3. The fraction of sp³-hybridized carbons (Fsp3) is 0.684. The highest BCUT2D eigenvalue weighted by Crippen LogP contribution is 2.41. The van der Waals surface area contributed by atoms with Gasteiger partial charge in [-0.3, -0.25) is 24.3 Å². The number of hydrogen-bond acceptors (Lipinski definition) is 6. The highest BCUT2D eigenvalue weighted by atomic mass is 16.3. The number of rotatable bonds is 4. The minimum Gasteiger partial charge on any atom is -0.464 e. The Labute approximate surface area is 153 Å². The first kappa shape index (κ1) is 17.7. The number of carbonyl (C=O) groups excluding carboxylic acids is 2. The van der Waals surface area contributed by atoms with Gasteiger partial charge < -0.3 is 9.52 Å². The van der Waals surface area contributed by atoms with Crippen molar-refractivity contribution in [3.05, 3.63) is 23.7 Å². The molecule has 0 saturated carbocycles. The molecule has 1 N–H and O–H groups in total. The molecule has 0 aliphatic carbocycles. The van der Waals surface area contributed by atoms with Crippen LogP contribution in [0.2, 0.25) is 0 Å². The van der Waals surface area contributed by atoms with Crippen LogP contribution in [0.15, 0.2) is 16.5 Å². The number of hydrogen-bond donors (Lipinski definition) is 1. The van der Waals surface area contributed by atoms with E-state index in [-0.39, 0.29) is 18.4 Å². The summed E-state index contributed by atoms with van der Waals surface area (Å²) in [6, 6.07) is 3.23. The van der Waals surface area contributed by atoms with Crippen LogP contribution in [0.5, 0.6) is 0 Å². The van der Waals surface area contributed by atoms with Crippen LogP contribution in [-0.4, -0.2) is 75.5 Å². The molecule has 2 amide bonds. The van der Waals surface area contributed by atoms with Crippen molar-refractivity contribution in [2.45, 2.75) is 51.4 Å². The standard InChI is InChI=1S/C19H27N3O4/c1-12(2)7-20-10-19(11-20)18(25)21(9-15-5-4-13(3)26-15)17(24)16-6-14(23)8-22(16)19/h4-5,12,14,16,23H,6-11H2,1-3H3. The second-order valence-electron chi connectivity index (χ2n) is 8.39. The lowest BCUT2D eigenvalue weighted by Crippen LogP contribution is -2.81. The Morgan fingerprint density at radius 1 is 1.31 bits per heavy atom. The van der Waals surface area contributed by atoms with Gasteiger partial charge in [0.2, 0.25) is 5.91 Å². The number of furan rings is 1. The molecule has 4 rings (SSSR count). The van der Waals surface area contributed by atoms with Crippen LogP contribution in [0.4, 0.5) is 0 Å². The van der Waals surface area contributed by atoms with Gasteiger partial charge in [0.1, 0.15) is 17.1 Å². The normalized spacial score (nSPS) is 28.9. The minimum absolute atomic E-state index is 0.151. The second-order valence-corrected chi connectivity index (χ2v) is 8.39. The number of nitrogens with zero attached hydrogens (tertiary/aromatic N) is 3. The number of aryl methyl sites for hydroxylation is 1. The van der Waals surface area contributed by atoms with Crippen LogP contribution in [0, 0.1) is 12.8 Å². The van der Waals surface area contributed by atoms with Gasteiger partial charge in [0.05, 0.1) is 18.7 Å². The minimum atomic E-state index is -0.688. The monoisotopic (exact) mass is 361 g/mol. The Morgan fingerprint density at radius 2 is 2.04 bits per heavy atom. The summed E-state index contributed by atoms with van der Waals surface area (Å²) in [5, 5.41) is 10.2. The van der Waals surface area contributed by atoms with Gasteiger partial charge >= 0.3 is 0 Å². The summed E-state index contributed by atoms with van der Waals surface area (Å²) in [6.45, 7) is 8.89. The number of likely N-dealkylation sites (tertiary alicyclic amines) is 1. The number of piperazine rings is 1. The van der Waals surface area contributed by atoms with Gasteiger partial charge in [0.15, 0.2) is 0 Å². The SMILES string of the molecule is Cc1ccc(CN2C(=O)C3CC(O)CN3C3(CN(CC(C)C)C3)C2=O)o1. The summed E-state index contributed by atoms with van der Waals surface area (Å²) in [4.78, 5) is 31.9. The molecule has 1 aromatic heterocycles. The maximum atomic E-state index is 13.3. The Balaban J connectivity index is 1.60. The van der Waals surface area contributed by atoms with Crippen LogP contribution in [0.25, 0.3) is 0 Å². The molecule has 7 heteroatoms. The molecule has 2 unspecified atom stereocenters. The van der Waals surface area contributed by atoms with Crippen molar-refractivity contribution in [2.75, 3.05) is 26.2 Å². The number of fused-ring (bicyclic) bond motifs is 2. The number of carbonyl (C=O) groups is 2. The first-order valence-electron chi connectivity index (χ1n) is 9.38. The van der Waals surface area contributed by atoms with Crippen molar-refractivity contribution >= 4 is 11.8 Å². The lowest BCUT2D eigenvalue weighted by molar-refractivity contribution is -0.181. The van der Waals surface area contributed by atoms with Gasteiger partial charge in [0.25, 0.3) is 5.91 Å². The molecule has 142 valence electrons. The van der Waals surface area contributed by atoms with E-state index in [0.29, 0.717) is 37.7 Å². The Hall–Kier alpha value is -1.70. The van der Waals surface area contributed by atoms with E-state index in [9.17, 15) is 14.7 Å². The van der Waals surface area contributed by atoms with Gasteiger partial charge in [-0.1, -0.05) is 13.8 Å². The fourth-order valence-corrected chi connectivity index (χ4v) is 4.71. The van der Waals surface area contributed by atoms with Crippen molar-refractivity contribution in [3.8, 4) is 0 Å². The number of aliphatic hydroxyl groups is 1. The van der Waals surface area contributed by atoms with E-state index < -0.39 is 17.7 Å². The predicted octanol–water partition coefficient (Wildman–Crippen LogP) is 0.602. The molecular weight excluding hydrogens is 334 g/mol. The highest BCUT2D eigenvalue weighted by molar-refractivity contribution is 6.06. The van der Waals surface area contributed by atoms with E-state index in [1.807, 2.05) is 24.0 Å². The van der Waals surface area contributed by atoms with E-state index in [1.165, 1.54) is 4.90 Å². The molecule has 2 atom stereocenters. The summed E-state index contributed by atoms with van der Waals surface area (Å²) < 4.78 is 5.59. The van der Waals surface area contributed by atoms with Crippen molar-refractivity contribution < 1.29 is 19.1 Å². The summed E-state index contributed by atoms with van der Waals surface area (Å²) in [5.74, 6) is 1.53. The molecule has 4 heterocycles. The van der Waals surface area contributed by atoms with Crippen LogP contribution >= 0.6 is 0 Å². The molecule has 26 heavy (non-hydrogen) atoms. The van der Waals surface area contributed by atoms with Gasteiger partial charge in [-0.15, -0.1) is 0 Å². The lowest BCUT2D eigenvalue weighted by Gasteiger charge is -2.58. The molecule has 7 nitrogen and oxygen atoms in total. The Morgan fingerprint density at radius 3 is 2.65 bits per heavy atom. The summed E-state index contributed by atoms with van der Waals surface area (Å²) >= 11 is 0. The number of imide groups is 1. The van der Waals surface area contributed by atoms with Crippen molar-refractivity contribution in [2.24, 2.45) is 5.92 Å². The molecule has 3 aliphatic heterocycles. The first-order valence-corrected chi connectivity index (χ1v) is 9.38. The van der Waals surface area contributed by atoms with Crippen LogP contribution in [0.1, 0.15) is 31.8 Å². The van der Waals surface area contributed by atoms with Crippen molar-refractivity contribution in [1.29, 1.82) is 0 Å². The van der Waals surface area contributed by atoms with Crippen LogP contribution in [0.3, 0.4) is 0 Å².